The molecule has 0 bridgehead atoms. The van der Waals surface area contributed by atoms with Crippen LogP contribution in [0.25, 0.3) is 0 Å². The molecule has 1 aliphatic heterocycles. The molecule has 1 aliphatic rings. The van der Waals surface area contributed by atoms with E-state index in [0.29, 0.717) is 6.42 Å². The Morgan fingerprint density at radius 2 is 2.04 bits per heavy atom. The van der Waals surface area contributed by atoms with Crippen molar-refractivity contribution in [1.82, 2.24) is 5.01 Å². The number of amides is 1. The van der Waals surface area contributed by atoms with Crippen LogP contribution in [0.2, 0.25) is 0 Å². The molecule has 2 heterocycles. The van der Waals surface area contributed by atoms with Gasteiger partial charge in [0, 0.05) is 12.3 Å². The molecular formula is C19H22N2O2. The Labute approximate surface area is 136 Å². The van der Waals surface area contributed by atoms with Crippen molar-refractivity contribution in [2.24, 2.45) is 11.0 Å². The van der Waals surface area contributed by atoms with E-state index in [1.54, 1.807) is 11.3 Å². The third-order valence-electron chi connectivity index (χ3n) is 4.20. The summed E-state index contributed by atoms with van der Waals surface area (Å²) in [6.45, 7) is 5.92. The van der Waals surface area contributed by atoms with E-state index in [1.807, 2.05) is 26.0 Å². The average Bonchev–Trinajstić information content (AvgIpc) is 3.23. The second-order valence-electron chi connectivity index (χ2n) is 6.17. The lowest BCUT2D eigenvalue weighted by Crippen LogP contribution is -2.30. The smallest absolute Gasteiger partial charge is 0.245 e. The van der Waals surface area contributed by atoms with Gasteiger partial charge >= 0.3 is 0 Å². The van der Waals surface area contributed by atoms with Crippen LogP contribution in [0.15, 0.2) is 52.2 Å². The highest BCUT2D eigenvalue weighted by Crippen LogP contribution is 2.34. The van der Waals surface area contributed by atoms with Gasteiger partial charge in [0.05, 0.1) is 12.0 Å². The van der Waals surface area contributed by atoms with Gasteiger partial charge in [-0.15, -0.1) is 0 Å². The molecule has 3 rings (SSSR count). The van der Waals surface area contributed by atoms with Crippen molar-refractivity contribution in [2.45, 2.75) is 39.7 Å². The van der Waals surface area contributed by atoms with Crippen LogP contribution in [-0.4, -0.2) is 16.6 Å². The molecule has 1 amide bonds. The van der Waals surface area contributed by atoms with Crippen molar-refractivity contribution in [1.29, 1.82) is 0 Å². The number of carbonyl (C=O) groups excluding carboxylic acids is 1. The zero-order valence-electron chi connectivity index (χ0n) is 13.8. The van der Waals surface area contributed by atoms with Gasteiger partial charge in [-0.2, -0.15) is 5.10 Å². The fraction of sp³-hybridized carbons (Fsp3) is 0.368. The predicted octanol–water partition coefficient (Wildman–Crippen LogP) is 4.18. The van der Waals surface area contributed by atoms with Gasteiger partial charge in [-0.3, -0.25) is 4.79 Å². The number of benzene rings is 1. The van der Waals surface area contributed by atoms with E-state index in [0.717, 1.165) is 23.5 Å². The van der Waals surface area contributed by atoms with Crippen LogP contribution >= 0.6 is 0 Å². The minimum atomic E-state index is -0.152. The highest BCUT2D eigenvalue weighted by molar-refractivity contribution is 6.03. The predicted molar refractivity (Wildman–Crippen MR) is 90.1 cm³/mol. The third-order valence-corrected chi connectivity index (χ3v) is 4.20. The van der Waals surface area contributed by atoms with Crippen LogP contribution in [0.3, 0.4) is 0 Å². The average molecular weight is 310 g/mol. The van der Waals surface area contributed by atoms with Gasteiger partial charge in [-0.1, -0.05) is 45.0 Å². The van der Waals surface area contributed by atoms with Crippen LogP contribution in [0, 0.1) is 5.92 Å². The van der Waals surface area contributed by atoms with Crippen molar-refractivity contribution >= 4 is 11.6 Å². The highest BCUT2D eigenvalue weighted by Gasteiger charge is 2.35. The lowest BCUT2D eigenvalue weighted by atomic mass is 10.0. The monoisotopic (exact) mass is 310 g/mol. The summed E-state index contributed by atoms with van der Waals surface area (Å²) in [7, 11) is 0. The van der Waals surface area contributed by atoms with Gasteiger partial charge in [0.1, 0.15) is 11.8 Å². The Kier molecular flexibility index (Phi) is 4.33. The fourth-order valence-corrected chi connectivity index (χ4v) is 2.79. The Morgan fingerprint density at radius 3 is 2.61 bits per heavy atom. The Balaban J connectivity index is 1.92. The zero-order chi connectivity index (χ0) is 16.4. The minimum absolute atomic E-state index is 0.0200. The lowest BCUT2D eigenvalue weighted by Gasteiger charge is -2.21. The number of aryl methyl sites for hydroxylation is 1. The van der Waals surface area contributed by atoms with Crippen LogP contribution in [0.5, 0.6) is 0 Å². The van der Waals surface area contributed by atoms with E-state index < -0.39 is 0 Å². The van der Waals surface area contributed by atoms with Crippen molar-refractivity contribution in [3.05, 3.63) is 59.5 Å². The van der Waals surface area contributed by atoms with Gasteiger partial charge in [0.15, 0.2) is 0 Å². The normalized spacial score (nSPS) is 17.7. The van der Waals surface area contributed by atoms with Crippen molar-refractivity contribution in [3.8, 4) is 0 Å². The maximum atomic E-state index is 12.5. The topological polar surface area (TPSA) is 45.8 Å². The van der Waals surface area contributed by atoms with Crippen molar-refractivity contribution in [2.75, 3.05) is 0 Å². The second-order valence-corrected chi connectivity index (χ2v) is 6.17. The molecular weight excluding hydrogens is 288 g/mol. The van der Waals surface area contributed by atoms with Gasteiger partial charge in [-0.25, -0.2) is 5.01 Å². The summed E-state index contributed by atoms with van der Waals surface area (Å²) in [4.78, 5) is 12.5. The first-order valence-corrected chi connectivity index (χ1v) is 8.13. The van der Waals surface area contributed by atoms with Gasteiger partial charge < -0.3 is 4.42 Å². The number of nitrogens with zero attached hydrogens (tertiary/aromatic N) is 2. The third kappa shape index (κ3) is 3.07. The molecule has 23 heavy (non-hydrogen) atoms. The Bertz CT molecular complexity index is 699. The minimum Gasteiger partial charge on any atom is -0.467 e. The molecule has 0 radical (unpaired) electrons. The molecule has 120 valence electrons. The molecule has 0 spiro atoms. The Morgan fingerprint density at radius 1 is 1.30 bits per heavy atom. The van der Waals surface area contributed by atoms with E-state index in [9.17, 15) is 4.79 Å². The number of furan rings is 1. The molecule has 1 atom stereocenters. The number of hydrogen-bond acceptors (Lipinski definition) is 3. The summed E-state index contributed by atoms with van der Waals surface area (Å²) >= 11 is 0. The second kappa shape index (κ2) is 6.41. The van der Waals surface area contributed by atoms with Crippen LogP contribution in [-0.2, 0) is 11.2 Å². The Hall–Kier alpha value is -2.36. The number of carbonyl (C=O) groups is 1. The van der Waals surface area contributed by atoms with Gasteiger partial charge in [-0.05, 0) is 29.7 Å². The maximum absolute atomic E-state index is 12.5. The van der Waals surface area contributed by atoms with Crippen LogP contribution in [0.4, 0.5) is 0 Å². The molecule has 0 saturated heterocycles. The first kappa shape index (κ1) is 15.5. The lowest BCUT2D eigenvalue weighted by molar-refractivity contribution is -0.136. The van der Waals surface area contributed by atoms with E-state index >= 15 is 0 Å². The standard InChI is InChI=1S/C19H22N2O2/c1-4-14-7-9-15(10-8-14)16-12-17(18-6-5-11-23-18)21(20-16)19(22)13(2)3/h5-11,13,17H,4,12H2,1-3H3/t17-/m1/s1. The van der Waals surface area contributed by atoms with Crippen molar-refractivity contribution in [3.63, 3.8) is 0 Å². The van der Waals surface area contributed by atoms with E-state index in [4.69, 9.17) is 4.42 Å². The zero-order valence-corrected chi connectivity index (χ0v) is 13.8. The molecule has 4 heteroatoms. The summed E-state index contributed by atoms with van der Waals surface area (Å²) in [6, 6.07) is 12.0. The van der Waals surface area contributed by atoms with Crippen LogP contribution in [0.1, 0.15) is 50.1 Å². The van der Waals surface area contributed by atoms with Crippen molar-refractivity contribution < 1.29 is 9.21 Å². The largest absolute Gasteiger partial charge is 0.467 e. The quantitative estimate of drug-likeness (QED) is 0.850. The molecule has 1 aromatic carbocycles. The SMILES string of the molecule is CCc1ccc(C2=NN(C(=O)C(C)C)[C@@H](c3ccco3)C2)cc1. The molecule has 0 N–H and O–H groups in total. The summed E-state index contributed by atoms with van der Waals surface area (Å²) < 4.78 is 5.53. The summed E-state index contributed by atoms with van der Waals surface area (Å²) in [5, 5.41) is 6.20. The molecule has 2 aromatic rings. The van der Waals surface area contributed by atoms with Crippen LogP contribution < -0.4 is 0 Å². The molecule has 0 unspecified atom stereocenters. The maximum Gasteiger partial charge on any atom is 0.245 e. The number of rotatable bonds is 4. The summed E-state index contributed by atoms with van der Waals surface area (Å²) in [5.74, 6) is 0.701. The van der Waals surface area contributed by atoms with Gasteiger partial charge in [0.2, 0.25) is 5.91 Å². The molecule has 0 fully saturated rings. The number of hydrogen-bond donors (Lipinski definition) is 0. The van der Waals surface area contributed by atoms with E-state index in [2.05, 4.69) is 36.3 Å². The first-order chi connectivity index (χ1) is 11.1. The molecule has 1 aromatic heterocycles. The fourth-order valence-electron chi connectivity index (χ4n) is 2.79. The first-order valence-electron chi connectivity index (χ1n) is 8.13. The number of hydrazone groups is 1. The summed E-state index contributed by atoms with van der Waals surface area (Å²) in [6.07, 6.45) is 3.33. The van der Waals surface area contributed by atoms with Gasteiger partial charge in [0.25, 0.3) is 0 Å². The summed E-state index contributed by atoms with van der Waals surface area (Å²) in [5.41, 5.74) is 3.30. The molecule has 4 nitrogen and oxygen atoms in total. The van der Waals surface area contributed by atoms with E-state index in [-0.39, 0.29) is 17.9 Å². The molecule has 0 saturated carbocycles. The highest BCUT2D eigenvalue weighted by atomic mass is 16.3. The molecule has 0 aliphatic carbocycles. The van der Waals surface area contributed by atoms with E-state index in [1.165, 1.54) is 5.56 Å².